The van der Waals surface area contributed by atoms with Gasteiger partial charge < -0.3 is 15.0 Å². The fourth-order valence-corrected chi connectivity index (χ4v) is 2.77. The Labute approximate surface area is 141 Å². The molecule has 2 aromatic rings. The highest BCUT2D eigenvalue weighted by Crippen LogP contribution is 2.38. The first-order chi connectivity index (χ1) is 11.3. The summed E-state index contributed by atoms with van der Waals surface area (Å²) < 4.78 is 5.83. The summed E-state index contributed by atoms with van der Waals surface area (Å²) in [5.41, 5.74) is 1.66. The molecule has 5 heteroatoms. The van der Waals surface area contributed by atoms with Crippen molar-refractivity contribution in [1.82, 2.24) is 0 Å². The van der Waals surface area contributed by atoms with Crippen molar-refractivity contribution in [2.45, 2.75) is 26.4 Å². The monoisotopic (exact) mass is 324 g/mol. The Bertz CT molecular complexity index is 831. The lowest BCUT2D eigenvalue weighted by Crippen LogP contribution is -2.59. The number of nitrogens with one attached hydrogen (secondary N) is 1. The Hall–Kier alpha value is -2.82. The topological polar surface area (TPSA) is 58.6 Å². The quantitative estimate of drug-likeness (QED) is 0.864. The molecular formula is C19H20N2O3. The van der Waals surface area contributed by atoms with Crippen molar-refractivity contribution < 1.29 is 14.3 Å². The van der Waals surface area contributed by atoms with E-state index in [1.165, 1.54) is 11.8 Å². The molecule has 0 spiro atoms. The number of rotatable bonds is 2. The SMILES string of the molecule is Cc1ccc2c(c1)N(C)C(=O)C(C)(C(=O)Nc1ccccc1C)O2. The molecule has 1 heterocycles. The number of hydrogen-bond donors (Lipinski definition) is 1. The van der Waals surface area contributed by atoms with Gasteiger partial charge in [-0.2, -0.15) is 0 Å². The van der Waals surface area contributed by atoms with Crippen LogP contribution < -0.4 is 15.0 Å². The molecule has 2 amide bonds. The number of anilines is 2. The van der Waals surface area contributed by atoms with Gasteiger partial charge in [0.25, 0.3) is 17.4 Å². The molecule has 0 fully saturated rings. The number of para-hydroxylation sites is 1. The average molecular weight is 324 g/mol. The lowest BCUT2D eigenvalue weighted by molar-refractivity contribution is -0.144. The van der Waals surface area contributed by atoms with Crippen LogP contribution in [0.5, 0.6) is 5.75 Å². The second kappa shape index (κ2) is 5.67. The largest absolute Gasteiger partial charge is 0.465 e. The first-order valence-electron chi connectivity index (χ1n) is 7.78. The number of fused-ring (bicyclic) bond motifs is 1. The summed E-state index contributed by atoms with van der Waals surface area (Å²) in [7, 11) is 1.66. The zero-order valence-electron chi connectivity index (χ0n) is 14.2. The van der Waals surface area contributed by atoms with Crippen LogP contribution in [0.25, 0.3) is 0 Å². The number of hydrogen-bond acceptors (Lipinski definition) is 3. The third-order valence-corrected chi connectivity index (χ3v) is 4.33. The Morgan fingerprint density at radius 3 is 2.58 bits per heavy atom. The molecule has 124 valence electrons. The van der Waals surface area contributed by atoms with Gasteiger partial charge in [-0.25, -0.2) is 0 Å². The molecule has 1 aliphatic heterocycles. The number of carbonyl (C=O) groups excluding carboxylic acids is 2. The van der Waals surface area contributed by atoms with Crippen LogP contribution in [0.2, 0.25) is 0 Å². The van der Waals surface area contributed by atoms with E-state index in [0.29, 0.717) is 17.1 Å². The minimum Gasteiger partial charge on any atom is -0.465 e. The van der Waals surface area contributed by atoms with Crippen LogP contribution in [0.3, 0.4) is 0 Å². The molecule has 0 aromatic heterocycles. The highest BCUT2D eigenvalue weighted by molar-refractivity contribution is 6.19. The van der Waals surface area contributed by atoms with Gasteiger partial charge in [-0.05, 0) is 50.1 Å². The Kier molecular flexibility index (Phi) is 3.79. The lowest BCUT2D eigenvalue weighted by Gasteiger charge is -2.38. The van der Waals surface area contributed by atoms with Gasteiger partial charge in [0, 0.05) is 12.7 Å². The van der Waals surface area contributed by atoms with E-state index >= 15 is 0 Å². The molecule has 5 nitrogen and oxygen atoms in total. The van der Waals surface area contributed by atoms with Crippen molar-refractivity contribution in [2.24, 2.45) is 0 Å². The molecule has 2 aromatic carbocycles. The smallest absolute Gasteiger partial charge is 0.280 e. The zero-order chi connectivity index (χ0) is 17.5. The summed E-state index contributed by atoms with van der Waals surface area (Å²) in [5, 5.41) is 2.80. The van der Waals surface area contributed by atoms with Crippen molar-refractivity contribution in [1.29, 1.82) is 0 Å². The molecule has 0 saturated heterocycles. The maximum atomic E-state index is 12.8. The minimum absolute atomic E-state index is 0.397. The molecule has 0 saturated carbocycles. The average Bonchev–Trinajstić information content (AvgIpc) is 2.56. The first kappa shape index (κ1) is 16.1. The van der Waals surface area contributed by atoms with Gasteiger partial charge in [-0.3, -0.25) is 9.59 Å². The van der Waals surface area contributed by atoms with Gasteiger partial charge >= 0.3 is 0 Å². The van der Waals surface area contributed by atoms with Crippen LogP contribution in [0, 0.1) is 13.8 Å². The zero-order valence-corrected chi connectivity index (χ0v) is 14.2. The number of aryl methyl sites for hydroxylation is 2. The molecule has 0 aliphatic carbocycles. The normalized spacial score (nSPS) is 19.5. The van der Waals surface area contributed by atoms with Crippen LogP contribution in [-0.4, -0.2) is 24.5 Å². The van der Waals surface area contributed by atoms with Gasteiger partial charge in [0.15, 0.2) is 0 Å². The highest BCUT2D eigenvalue weighted by atomic mass is 16.5. The van der Waals surface area contributed by atoms with Crippen LogP contribution >= 0.6 is 0 Å². The number of benzene rings is 2. The molecule has 24 heavy (non-hydrogen) atoms. The fraction of sp³-hybridized carbons (Fsp3) is 0.263. The second-order valence-electron chi connectivity index (χ2n) is 6.24. The number of nitrogens with zero attached hydrogens (tertiary/aromatic N) is 1. The third kappa shape index (κ3) is 2.52. The maximum Gasteiger partial charge on any atom is 0.280 e. The maximum absolute atomic E-state index is 12.8. The van der Waals surface area contributed by atoms with Crippen LogP contribution in [0.15, 0.2) is 42.5 Å². The molecule has 3 rings (SSSR count). The van der Waals surface area contributed by atoms with E-state index in [2.05, 4.69) is 5.32 Å². The van der Waals surface area contributed by atoms with Crippen molar-refractivity contribution in [2.75, 3.05) is 17.3 Å². The summed E-state index contributed by atoms with van der Waals surface area (Å²) in [6.07, 6.45) is 0. The van der Waals surface area contributed by atoms with E-state index in [1.54, 1.807) is 19.2 Å². The second-order valence-corrected chi connectivity index (χ2v) is 6.24. The summed E-state index contributed by atoms with van der Waals surface area (Å²) in [6.45, 7) is 5.34. The van der Waals surface area contributed by atoms with Crippen LogP contribution in [-0.2, 0) is 9.59 Å². The number of carbonyl (C=O) groups is 2. The van der Waals surface area contributed by atoms with Crippen LogP contribution in [0.4, 0.5) is 11.4 Å². The summed E-state index contributed by atoms with van der Waals surface area (Å²) in [4.78, 5) is 27.0. The molecular weight excluding hydrogens is 304 g/mol. The molecule has 1 aliphatic rings. The van der Waals surface area contributed by atoms with Crippen molar-refractivity contribution in [3.05, 3.63) is 53.6 Å². The van der Waals surface area contributed by atoms with Crippen molar-refractivity contribution in [3.8, 4) is 5.75 Å². The summed E-state index contributed by atoms with van der Waals surface area (Å²) in [5.74, 6) is -0.364. The predicted octanol–water partition coefficient (Wildman–Crippen LogP) is 3.06. The van der Waals surface area contributed by atoms with Gasteiger partial charge in [-0.15, -0.1) is 0 Å². The predicted molar refractivity (Wildman–Crippen MR) is 93.4 cm³/mol. The number of likely N-dealkylation sites (N-methyl/N-ethyl adjacent to an activating group) is 1. The van der Waals surface area contributed by atoms with E-state index in [-0.39, 0.29) is 0 Å². The van der Waals surface area contributed by atoms with Gasteiger partial charge in [0.2, 0.25) is 0 Å². The first-order valence-corrected chi connectivity index (χ1v) is 7.78. The number of ether oxygens (including phenoxy) is 1. The van der Waals surface area contributed by atoms with Crippen molar-refractivity contribution in [3.63, 3.8) is 0 Å². The summed E-state index contributed by atoms with van der Waals surface area (Å²) in [6, 6.07) is 13.0. The third-order valence-electron chi connectivity index (χ3n) is 4.33. The van der Waals surface area contributed by atoms with E-state index in [0.717, 1.165) is 11.1 Å². The minimum atomic E-state index is -1.61. The fourth-order valence-electron chi connectivity index (χ4n) is 2.77. The number of amides is 2. The molecule has 0 radical (unpaired) electrons. The molecule has 0 bridgehead atoms. The summed E-state index contributed by atoms with van der Waals surface area (Å²) >= 11 is 0. The van der Waals surface area contributed by atoms with E-state index in [9.17, 15) is 9.59 Å². The highest BCUT2D eigenvalue weighted by Gasteiger charge is 2.49. The van der Waals surface area contributed by atoms with Crippen molar-refractivity contribution >= 4 is 23.2 Å². The molecule has 1 unspecified atom stereocenters. The van der Waals surface area contributed by atoms with E-state index in [1.807, 2.05) is 44.2 Å². The lowest BCUT2D eigenvalue weighted by atomic mass is 9.99. The van der Waals surface area contributed by atoms with E-state index in [4.69, 9.17) is 4.74 Å². The van der Waals surface area contributed by atoms with Crippen LogP contribution in [0.1, 0.15) is 18.1 Å². The van der Waals surface area contributed by atoms with E-state index < -0.39 is 17.4 Å². The molecule has 1 N–H and O–H groups in total. The molecule has 1 atom stereocenters. The Morgan fingerprint density at radius 2 is 1.88 bits per heavy atom. The standard InChI is InChI=1S/C19H20N2O3/c1-12-9-10-16-15(11-12)21(4)18(23)19(3,24-16)17(22)20-14-8-6-5-7-13(14)2/h5-11H,1-4H3,(H,20,22). The van der Waals surface area contributed by atoms with Gasteiger partial charge in [0.1, 0.15) is 5.75 Å². The Morgan fingerprint density at radius 1 is 1.17 bits per heavy atom. The van der Waals surface area contributed by atoms with Gasteiger partial charge in [-0.1, -0.05) is 24.3 Å². The Balaban J connectivity index is 1.95. The van der Waals surface area contributed by atoms with Gasteiger partial charge in [0.05, 0.1) is 5.69 Å².